The van der Waals surface area contributed by atoms with Crippen LogP contribution in [0.4, 0.5) is 0 Å². The van der Waals surface area contributed by atoms with Crippen LogP contribution < -0.4 is 10.9 Å². The number of nitrogens with zero attached hydrogens (tertiary/aromatic N) is 2. The van der Waals surface area contributed by atoms with Crippen LogP contribution in [0.1, 0.15) is 15.9 Å². The second-order valence-electron chi connectivity index (χ2n) is 5.85. The predicted octanol–water partition coefficient (Wildman–Crippen LogP) is 2.61. The van der Waals surface area contributed by atoms with Crippen molar-refractivity contribution < 1.29 is 9.21 Å². The maximum atomic E-state index is 12.4. The third-order valence-electron chi connectivity index (χ3n) is 4.13. The number of fused-ring (bicyclic) bond motifs is 2. The Morgan fingerprint density at radius 3 is 2.92 bits per heavy atom. The summed E-state index contributed by atoms with van der Waals surface area (Å²) in [5.74, 6) is -0.458. The van der Waals surface area contributed by atoms with Crippen LogP contribution in [0.25, 0.3) is 22.0 Å². The third kappa shape index (κ3) is 2.78. The molecule has 6 nitrogen and oxygen atoms in total. The van der Waals surface area contributed by atoms with Crippen LogP contribution in [-0.4, -0.2) is 15.5 Å². The Morgan fingerprint density at radius 2 is 2.04 bits per heavy atom. The van der Waals surface area contributed by atoms with E-state index in [9.17, 15) is 9.59 Å². The van der Waals surface area contributed by atoms with Crippen LogP contribution in [0.3, 0.4) is 0 Å². The molecule has 0 atom stereocenters. The number of imidazole rings is 1. The van der Waals surface area contributed by atoms with Crippen LogP contribution in [0.5, 0.6) is 0 Å². The number of carbonyl (C=O) groups excluding carboxylic acids is 1. The highest BCUT2D eigenvalue weighted by molar-refractivity contribution is 5.96. The van der Waals surface area contributed by atoms with E-state index in [0.717, 1.165) is 16.6 Å². The highest BCUT2D eigenvalue weighted by Crippen LogP contribution is 2.15. The van der Waals surface area contributed by atoms with Crippen LogP contribution in [-0.2, 0) is 13.6 Å². The molecule has 1 N–H and O–H groups in total. The molecule has 0 spiro atoms. The molecule has 0 saturated carbocycles. The van der Waals surface area contributed by atoms with E-state index in [1.165, 1.54) is 0 Å². The lowest BCUT2D eigenvalue weighted by molar-refractivity contribution is 0.0947. The van der Waals surface area contributed by atoms with Gasteiger partial charge >= 0.3 is 5.63 Å². The summed E-state index contributed by atoms with van der Waals surface area (Å²) in [5, 5.41) is 3.47. The first-order chi connectivity index (χ1) is 12.1. The van der Waals surface area contributed by atoms with E-state index in [2.05, 4.69) is 10.3 Å². The second-order valence-corrected chi connectivity index (χ2v) is 5.85. The number of amides is 1. The van der Waals surface area contributed by atoms with Gasteiger partial charge in [0.1, 0.15) is 11.1 Å². The normalized spacial score (nSPS) is 11.1. The van der Waals surface area contributed by atoms with Gasteiger partial charge in [-0.3, -0.25) is 4.79 Å². The van der Waals surface area contributed by atoms with Gasteiger partial charge in [-0.2, -0.15) is 0 Å². The van der Waals surface area contributed by atoms with Gasteiger partial charge in [0.05, 0.1) is 17.4 Å². The van der Waals surface area contributed by atoms with Crippen LogP contribution in [0, 0.1) is 0 Å². The molecule has 0 aliphatic carbocycles. The zero-order valence-corrected chi connectivity index (χ0v) is 13.5. The number of benzene rings is 2. The summed E-state index contributed by atoms with van der Waals surface area (Å²) >= 11 is 0. The molecule has 0 unspecified atom stereocenters. The second kappa shape index (κ2) is 5.90. The van der Waals surface area contributed by atoms with Gasteiger partial charge in [0.2, 0.25) is 0 Å². The number of aryl methyl sites for hydroxylation is 1. The summed E-state index contributed by atoms with van der Waals surface area (Å²) in [4.78, 5) is 28.7. The number of hydrogen-bond donors (Lipinski definition) is 1. The standard InChI is InChI=1S/C19H15N3O3/c1-22-11-21-15-8-12(6-7-16(15)22)10-20-18(23)14-9-13-4-2-3-5-17(13)25-19(14)24/h2-9,11H,10H2,1H3,(H,20,23). The first-order valence-electron chi connectivity index (χ1n) is 7.83. The molecule has 4 rings (SSSR count). The average molecular weight is 333 g/mol. The molecule has 1 amide bonds. The SMILES string of the molecule is Cn1cnc2cc(CNC(=O)c3cc4ccccc4oc3=O)ccc21. The smallest absolute Gasteiger partial charge is 0.349 e. The van der Waals surface area contributed by atoms with Gasteiger partial charge in [0.25, 0.3) is 5.91 Å². The number of para-hydroxylation sites is 1. The van der Waals surface area contributed by atoms with Crippen molar-refractivity contribution >= 4 is 27.9 Å². The molecule has 4 aromatic rings. The average Bonchev–Trinajstić information content (AvgIpc) is 2.99. The molecular formula is C19H15N3O3. The summed E-state index contributed by atoms with van der Waals surface area (Å²) in [5.41, 5.74) is 2.60. The fraction of sp³-hybridized carbons (Fsp3) is 0.105. The Kier molecular flexibility index (Phi) is 3.57. The van der Waals surface area contributed by atoms with E-state index < -0.39 is 11.5 Å². The number of nitrogens with one attached hydrogen (secondary N) is 1. The summed E-state index contributed by atoms with van der Waals surface area (Å²) in [7, 11) is 1.93. The van der Waals surface area contributed by atoms with Crippen molar-refractivity contribution in [2.75, 3.05) is 0 Å². The molecule has 6 heteroatoms. The lowest BCUT2D eigenvalue weighted by atomic mass is 10.1. The quantitative estimate of drug-likeness (QED) is 0.585. The first-order valence-corrected chi connectivity index (χ1v) is 7.83. The van der Waals surface area contributed by atoms with E-state index in [1.807, 2.05) is 35.9 Å². The summed E-state index contributed by atoms with van der Waals surface area (Å²) in [6, 6.07) is 14.4. The molecule has 0 saturated heterocycles. The Balaban J connectivity index is 1.57. The zero-order valence-electron chi connectivity index (χ0n) is 13.5. The topological polar surface area (TPSA) is 77.1 Å². The van der Waals surface area contributed by atoms with Crippen molar-refractivity contribution in [3.63, 3.8) is 0 Å². The van der Waals surface area contributed by atoms with E-state index >= 15 is 0 Å². The van der Waals surface area contributed by atoms with E-state index in [4.69, 9.17) is 4.42 Å². The molecule has 2 aromatic carbocycles. The number of aromatic nitrogens is 2. The molecule has 0 bridgehead atoms. The van der Waals surface area contributed by atoms with Gasteiger partial charge < -0.3 is 14.3 Å². The highest BCUT2D eigenvalue weighted by atomic mass is 16.4. The third-order valence-corrected chi connectivity index (χ3v) is 4.13. The van der Waals surface area contributed by atoms with E-state index in [-0.39, 0.29) is 5.56 Å². The van der Waals surface area contributed by atoms with Gasteiger partial charge in [-0.05, 0) is 29.8 Å². The van der Waals surface area contributed by atoms with Crippen molar-refractivity contribution in [3.05, 3.63) is 76.4 Å². The Bertz CT molecular complexity index is 1160. The molecular weight excluding hydrogens is 318 g/mol. The predicted molar refractivity (Wildman–Crippen MR) is 94.4 cm³/mol. The molecule has 124 valence electrons. The Labute approximate surface area is 142 Å². The molecule has 2 heterocycles. The van der Waals surface area contributed by atoms with Gasteiger partial charge in [0, 0.05) is 19.0 Å². The number of hydrogen-bond acceptors (Lipinski definition) is 4. The van der Waals surface area contributed by atoms with Crippen molar-refractivity contribution in [2.24, 2.45) is 7.05 Å². The van der Waals surface area contributed by atoms with Crippen LogP contribution in [0.2, 0.25) is 0 Å². The molecule has 0 fully saturated rings. The number of rotatable bonds is 3. The molecule has 0 radical (unpaired) electrons. The van der Waals surface area contributed by atoms with Gasteiger partial charge in [-0.1, -0.05) is 24.3 Å². The fourth-order valence-corrected chi connectivity index (χ4v) is 2.79. The summed E-state index contributed by atoms with van der Waals surface area (Å²) in [6.07, 6.45) is 1.74. The summed E-state index contributed by atoms with van der Waals surface area (Å²) in [6.45, 7) is 0.303. The van der Waals surface area contributed by atoms with Crippen molar-refractivity contribution in [3.8, 4) is 0 Å². The van der Waals surface area contributed by atoms with Crippen molar-refractivity contribution in [1.82, 2.24) is 14.9 Å². The Hall–Kier alpha value is -3.41. The van der Waals surface area contributed by atoms with Gasteiger partial charge in [-0.25, -0.2) is 9.78 Å². The molecule has 0 aliphatic rings. The monoisotopic (exact) mass is 333 g/mol. The molecule has 0 aliphatic heterocycles. The Morgan fingerprint density at radius 1 is 1.20 bits per heavy atom. The fourth-order valence-electron chi connectivity index (χ4n) is 2.79. The first kappa shape index (κ1) is 15.1. The minimum absolute atomic E-state index is 0.00221. The highest BCUT2D eigenvalue weighted by Gasteiger charge is 2.13. The lowest BCUT2D eigenvalue weighted by Crippen LogP contribution is -2.27. The molecule has 2 aromatic heterocycles. The van der Waals surface area contributed by atoms with E-state index in [0.29, 0.717) is 17.5 Å². The maximum Gasteiger partial charge on any atom is 0.349 e. The minimum Gasteiger partial charge on any atom is -0.422 e. The maximum absolute atomic E-state index is 12.4. The molecule has 25 heavy (non-hydrogen) atoms. The summed E-state index contributed by atoms with van der Waals surface area (Å²) < 4.78 is 7.13. The minimum atomic E-state index is -0.642. The largest absolute Gasteiger partial charge is 0.422 e. The van der Waals surface area contributed by atoms with Gasteiger partial charge in [-0.15, -0.1) is 0 Å². The van der Waals surface area contributed by atoms with Gasteiger partial charge in [0.15, 0.2) is 0 Å². The zero-order chi connectivity index (χ0) is 17.4. The number of carbonyl (C=O) groups is 1. The van der Waals surface area contributed by atoms with E-state index in [1.54, 1.807) is 30.6 Å². The lowest BCUT2D eigenvalue weighted by Gasteiger charge is -2.06. The van der Waals surface area contributed by atoms with Crippen LogP contribution in [0.15, 0.2) is 64.1 Å². The van der Waals surface area contributed by atoms with Crippen LogP contribution >= 0.6 is 0 Å². The van der Waals surface area contributed by atoms with Crippen molar-refractivity contribution in [1.29, 1.82) is 0 Å². The van der Waals surface area contributed by atoms with Crippen molar-refractivity contribution in [2.45, 2.75) is 6.54 Å².